The van der Waals surface area contributed by atoms with Crippen LogP contribution in [0.25, 0.3) is 5.57 Å². The Morgan fingerprint density at radius 1 is 1.33 bits per heavy atom. The molecular weight excluding hydrogens is 382 g/mol. The molecule has 2 aliphatic rings. The van der Waals surface area contributed by atoms with Crippen LogP contribution in [-0.2, 0) is 4.79 Å². The van der Waals surface area contributed by atoms with Crippen LogP contribution in [0.4, 0.5) is 11.6 Å². The fourth-order valence-electron chi connectivity index (χ4n) is 3.37. The van der Waals surface area contributed by atoms with Gasteiger partial charge in [0.25, 0.3) is 0 Å². The predicted molar refractivity (Wildman–Crippen MR) is 112 cm³/mol. The lowest BCUT2D eigenvalue weighted by atomic mass is 10.2. The monoisotopic (exact) mass is 405 g/mol. The third kappa shape index (κ3) is 4.34. The zero-order valence-corrected chi connectivity index (χ0v) is 16.8. The van der Waals surface area contributed by atoms with Crippen molar-refractivity contribution in [3.05, 3.63) is 48.1 Å². The Kier molecular flexibility index (Phi) is 5.77. The Balaban J connectivity index is 1.36. The molecule has 2 aromatic rings. The standard InChI is InChI=1S/C21H23N7O2/c1-27-11-12-28(19(29)14-27)10-4-8-23-21-24-9-7-16(26-21)15(13-22)20-25-17-5-2-3-6-18(17)30-20/h2-3,5-7,9,25H,4,8,10-12,14H2,1H3,(H,23,24,26). The molecule has 154 valence electrons. The van der Waals surface area contributed by atoms with Crippen molar-refractivity contribution in [3.8, 4) is 11.8 Å². The van der Waals surface area contributed by atoms with Crippen molar-refractivity contribution in [2.24, 2.45) is 0 Å². The Bertz CT molecular complexity index is 987. The summed E-state index contributed by atoms with van der Waals surface area (Å²) in [4.78, 5) is 24.6. The average Bonchev–Trinajstić information content (AvgIpc) is 3.17. The van der Waals surface area contributed by atoms with Gasteiger partial charge >= 0.3 is 0 Å². The van der Waals surface area contributed by atoms with Gasteiger partial charge in [-0.15, -0.1) is 0 Å². The van der Waals surface area contributed by atoms with E-state index in [1.807, 2.05) is 41.1 Å². The minimum Gasteiger partial charge on any atom is -0.437 e. The summed E-state index contributed by atoms with van der Waals surface area (Å²) in [6.45, 7) is 3.46. The highest BCUT2D eigenvalue weighted by Gasteiger charge is 2.22. The molecule has 9 nitrogen and oxygen atoms in total. The summed E-state index contributed by atoms with van der Waals surface area (Å²) in [6.07, 6.45) is 2.39. The molecule has 2 N–H and O–H groups in total. The lowest BCUT2D eigenvalue weighted by molar-refractivity contribution is -0.135. The van der Waals surface area contributed by atoms with E-state index >= 15 is 0 Å². The van der Waals surface area contributed by atoms with E-state index in [-0.39, 0.29) is 5.91 Å². The van der Waals surface area contributed by atoms with E-state index in [1.165, 1.54) is 0 Å². The highest BCUT2D eigenvalue weighted by atomic mass is 16.5. The fourth-order valence-corrected chi connectivity index (χ4v) is 3.37. The summed E-state index contributed by atoms with van der Waals surface area (Å²) in [5.74, 6) is 1.63. The largest absolute Gasteiger partial charge is 0.437 e. The topological polar surface area (TPSA) is 106 Å². The van der Waals surface area contributed by atoms with Gasteiger partial charge in [0.05, 0.1) is 17.9 Å². The summed E-state index contributed by atoms with van der Waals surface area (Å²) in [5, 5.41) is 15.9. The molecule has 1 amide bonds. The molecule has 0 atom stereocenters. The van der Waals surface area contributed by atoms with Gasteiger partial charge in [0.1, 0.15) is 11.6 Å². The fraction of sp³-hybridized carbons (Fsp3) is 0.333. The predicted octanol–water partition coefficient (Wildman–Crippen LogP) is 1.75. The second-order valence-electron chi connectivity index (χ2n) is 7.20. The summed E-state index contributed by atoms with van der Waals surface area (Å²) < 4.78 is 5.76. The minimum atomic E-state index is 0.164. The number of amides is 1. The van der Waals surface area contributed by atoms with E-state index in [4.69, 9.17) is 4.74 Å². The summed E-state index contributed by atoms with van der Waals surface area (Å²) in [5.41, 5.74) is 1.59. The first kappa shape index (κ1) is 19.7. The van der Waals surface area contributed by atoms with Crippen molar-refractivity contribution in [2.45, 2.75) is 6.42 Å². The van der Waals surface area contributed by atoms with Crippen LogP contribution in [0.2, 0.25) is 0 Å². The maximum Gasteiger partial charge on any atom is 0.236 e. The van der Waals surface area contributed by atoms with Crippen LogP contribution in [0.1, 0.15) is 12.1 Å². The molecule has 1 aromatic carbocycles. The van der Waals surface area contributed by atoms with Crippen LogP contribution >= 0.6 is 0 Å². The number of ether oxygens (including phenoxy) is 1. The molecule has 3 heterocycles. The number of carbonyl (C=O) groups excluding carboxylic acids is 1. The van der Waals surface area contributed by atoms with E-state index < -0.39 is 0 Å². The first-order valence-corrected chi connectivity index (χ1v) is 9.86. The van der Waals surface area contributed by atoms with Gasteiger partial charge in [-0.1, -0.05) is 12.1 Å². The number of nitriles is 1. The molecule has 0 spiro atoms. The third-order valence-electron chi connectivity index (χ3n) is 5.00. The minimum absolute atomic E-state index is 0.164. The number of hydrogen-bond donors (Lipinski definition) is 2. The van der Waals surface area contributed by atoms with Crippen molar-refractivity contribution < 1.29 is 9.53 Å². The van der Waals surface area contributed by atoms with E-state index in [2.05, 4.69) is 26.7 Å². The molecule has 0 bridgehead atoms. The zero-order valence-electron chi connectivity index (χ0n) is 16.8. The number of anilines is 2. The van der Waals surface area contributed by atoms with Gasteiger partial charge in [0, 0.05) is 32.4 Å². The second kappa shape index (κ2) is 8.80. The van der Waals surface area contributed by atoms with Gasteiger partial charge in [-0.2, -0.15) is 5.26 Å². The molecule has 1 fully saturated rings. The summed E-state index contributed by atoms with van der Waals surface area (Å²) in [6, 6.07) is 11.3. The maximum atomic E-state index is 12.0. The Morgan fingerprint density at radius 2 is 2.20 bits per heavy atom. The summed E-state index contributed by atoms with van der Waals surface area (Å²) >= 11 is 0. The number of hydrogen-bond acceptors (Lipinski definition) is 8. The van der Waals surface area contributed by atoms with Gasteiger partial charge in [0.15, 0.2) is 5.75 Å². The molecule has 9 heteroatoms. The van der Waals surface area contributed by atoms with Crippen LogP contribution < -0.4 is 15.4 Å². The number of likely N-dealkylation sites (N-methyl/N-ethyl adjacent to an activating group) is 1. The first-order chi connectivity index (χ1) is 14.6. The molecule has 0 aliphatic carbocycles. The number of piperazine rings is 1. The number of aromatic nitrogens is 2. The van der Waals surface area contributed by atoms with Crippen molar-refractivity contribution >= 4 is 23.1 Å². The molecular formula is C21H23N7O2. The van der Waals surface area contributed by atoms with Gasteiger partial charge in [0.2, 0.25) is 17.7 Å². The maximum absolute atomic E-state index is 12.0. The van der Waals surface area contributed by atoms with E-state index in [9.17, 15) is 10.1 Å². The van der Waals surface area contributed by atoms with Gasteiger partial charge in [-0.3, -0.25) is 9.69 Å². The Morgan fingerprint density at radius 3 is 3.00 bits per heavy atom. The van der Waals surface area contributed by atoms with Crippen LogP contribution in [-0.4, -0.2) is 65.4 Å². The number of para-hydroxylation sites is 2. The highest BCUT2D eigenvalue weighted by molar-refractivity contribution is 5.82. The smallest absolute Gasteiger partial charge is 0.236 e. The van der Waals surface area contributed by atoms with Crippen LogP contribution in [0.3, 0.4) is 0 Å². The quantitative estimate of drug-likeness (QED) is 0.553. The van der Waals surface area contributed by atoms with Crippen molar-refractivity contribution in [3.63, 3.8) is 0 Å². The molecule has 0 radical (unpaired) electrons. The molecule has 1 saturated heterocycles. The van der Waals surface area contributed by atoms with E-state index in [1.54, 1.807) is 12.3 Å². The number of rotatable bonds is 6. The second-order valence-corrected chi connectivity index (χ2v) is 7.20. The van der Waals surface area contributed by atoms with Crippen LogP contribution in [0.5, 0.6) is 5.75 Å². The number of nitrogens with one attached hydrogen (secondary N) is 2. The van der Waals surface area contributed by atoms with Crippen molar-refractivity contribution in [2.75, 3.05) is 50.4 Å². The van der Waals surface area contributed by atoms with Crippen molar-refractivity contribution in [1.82, 2.24) is 19.8 Å². The van der Waals surface area contributed by atoms with Gasteiger partial charge < -0.3 is 20.3 Å². The van der Waals surface area contributed by atoms with Gasteiger partial charge in [-0.05, 0) is 31.7 Å². The zero-order chi connectivity index (χ0) is 20.9. The normalized spacial score (nSPS) is 17.6. The molecule has 1 aromatic heterocycles. The highest BCUT2D eigenvalue weighted by Crippen LogP contribution is 2.35. The van der Waals surface area contributed by atoms with Crippen LogP contribution in [0, 0.1) is 11.3 Å². The lowest BCUT2D eigenvalue weighted by Crippen LogP contribution is -2.49. The summed E-state index contributed by atoms with van der Waals surface area (Å²) in [7, 11) is 1.96. The molecule has 2 aliphatic heterocycles. The third-order valence-corrected chi connectivity index (χ3v) is 5.00. The first-order valence-electron chi connectivity index (χ1n) is 9.86. The molecule has 4 rings (SSSR count). The molecule has 0 saturated carbocycles. The van der Waals surface area contributed by atoms with E-state index in [0.717, 1.165) is 25.2 Å². The molecule has 30 heavy (non-hydrogen) atoms. The molecule has 0 unspecified atom stereocenters. The number of fused-ring (bicyclic) bond motifs is 1. The number of allylic oxidation sites excluding steroid dienone is 1. The van der Waals surface area contributed by atoms with E-state index in [0.29, 0.717) is 48.5 Å². The lowest BCUT2D eigenvalue weighted by Gasteiger charge is -2.32. The average molecular weight is 405 g/mol. The number of carbonyl (C=O) groups is 1. The van der Waals surface area contributed by atoms with Crippen molar-refractivity contribution in [1.29, 1.82) is 5.26 Å². The number of benzene rings is 1. The Hall–Kier alpha value is -3.64. The Labute approximate surface area is 175 Å². The van der Waals surface area contributed by atoms with Crippen LogP contribution in [0.15, 0.2) is 42.4 Å². The SMILES string of the molecule is CN1CCN(CCCNc2nccc(C(C#N)=C3Nc4ccccc4O3)n2)C(=O)C1. The van der Waals surface area contributed by atoms with Gasteiger partial charge in [-0.25, -0.2) is 9.97 Å². The number of nitrogens with zero attached hydrogens (tertiary/aromatic N) is 5.